The third-order valence-electron chi connectivity index (χ3n) is 1.93. The van der Waals surface area contributed by atoms with Crippen molar-refractivity contribution in [3.63, 3.8) is 0 Å². The van der Waals surface area contributed by atoms with E-state index >= 15 is 0 Å². The molecule has 2 rings (SSSR count). The fraction of sp³-hybridized carbons (Fsp3) is 0. The first kappa shape index (κ1) is 22.4. The molecule has 0 saturated carbocycles. The second kappa shape index (κ2) is 10.3. The maximum Gasteiger partial charge on any atom is 2.00 e. The summed E-state index contributed by atoms with van der Waals surface area (Å²) in [6, 6.07) is 6.86. The largest absolute Gasteiger partial charge is 2.00 e. The van der Waals surface area contributed by atoms with E-state index in [1.54, 1.807) is 24.3 Å². The zero-order chi connectivity index (χ0) is 15.4. The van der Waals surface area contributed by atoms with Crippen LogP contribution in [0.15, 0.2) is 51.1 Å². The maximum absolute atomic E-state index is 11.0. The Morgan fingerprint density at radius 3 is 0.905 bits per heavy atom. The van der Waals surface area contributed by atoms with E-state index in [4.69, 9.17) is 0 Å². The van der Waals surface area contributed by atoms with E-state index < -0.39 is 0 Å². The van der Waals surface area contributed by atoms with Gasteiger partial charge in [0.1, 0.15) is 0 Å². The molecular formula is C12H4Br6CuO2. The van der Waals surface area contributed by atoms with Crippen LogP contribution in [-0.2, 0) is 17.1 Å². The van der Waals surface area contributed by atoms with Gasteiger partial charge >= 0.3 is 17.1 Å². The maximum atomic E-state index is 11.0. The van der Waals surface area contributed by atoms with Crippen molar-refractivity contribution in [2.75, 3.05) is 0 Å². The summed E-state index contributed by atoms with van der Waals surface area (Å²) in [6.07, 6.45) is 0. The van der Waals surface area contributed by atoms with Crippen LogP contribution in [0.25, 0.3) is 0 Å². The van der Waals surface area contributed by atoms with Crippen molar-refractivity contribution >= 4 is 95.6 Å². The van der Waals surface area contributed by atoms with E-state index in [9.17, 15) is 10.2 Å². The Labute approximate surface area is 183 Å². The monoisotopic (exact) mass is 716 g/mol. The minimum Gasteiger partial charge on any atom is -0.871 e. The molecular weight excluding hydrogens is 719 g/mol. The normalized spacial score (nSPS) is 9.43. The minimum absolute atomic E-state index is 0. The molecule has 0 spiro atoms. The molecule has 0 saturated heterocycles. The van der Waals surface area contributed by atoms with Gasteiger partial charge in [-0.1, -0.05) is 107 Å². The van der Waals surface area contributed by atoms with Gasteiger partial charge in [0.05, 0.1) is 0 Å². The van der Waals surface area contributed by atoms with Crippen LogP contribution >= 0.6 is 95.6 Å². The van der Waals surface area contributed by atoms with Crippen LogP contribution in [0.3, 0.4) is 0 Å². The average Bonchev–Trinajstić information content (AvgIpc) is 2.33. The Bertz CT molecular complexity index is 534. The predicted octanol–water partition coefficient (Wildman–Crippen LogP) is 6.09. The molecule has 9 heteroatoms. The van der Waals surface area contributed by atoms with Crippen molar-refractivity contribution in [1.82, 2.24) is 0 Å². The molecule has 1 radical (unpaired) electrons. The zero-order valence-electron chi connectivity index (χ0n) is 9.70. The molecule has 0 aromatic heterocycles. The molecule has 2 aromatic carbocycles. The van der Waals surface area contributed by atoms with Crippen molar-refractivity contribution in [3.8, 4) is 11.5 Å². The molecule has 0 aliphatic heterocycles. The summed E-state index contributed by atoms with van der Waals surface area (Å²) in [4.78, 5) is 0. The second-order valence-electron chi connectivity index (χ2n) is 3.40. The average molecular weight is 723 g/mol. The first-order valence-electron chi connectivity index (χ1n) is 4.85. The Morgan fingerprint density at radius 2 is 0.714 bits per heavy atom. The molecule has 2 aromatic rings. The third kappa shape index (κ3) is 7.25. The molecule has 0 aliphatic rings. The number of benzene rings is 2. The van der Waals surface area contributed by atoms with Gasteiger partial charge in [-0.05, 0) is 24.3 Å². The Morgan fingerprint density at radius 1 is 0.524 bits per heavy atom. The Hall–Kier alpha value is 1.44. The van der Waals surface area contributed by atoms with Gasteiger partial charge in [-0.25, -0.2) is 0 Å². The van der Waals surface area contributed by atoms with Crippen molar-refractivity contribution < 1.29 is 27.3 Å². The number of hydrogen-bond acceptors (Lipinski definition) is 2. The Kier molecular flexibility index (Phi) is 11.0. The first-order chi connectivity index (χ1) is 9.22. The van der Waals surface area contributed by atoms with Gasteiger partial charge in [0.15, 0.2) is 0 Å². The van der Waals surface area contributed by atoms with E-state index in [1.165, 1.54) is 0 Å². The van der Waals surface area contributed by atoms with Gasteiger partial charge in [0, 0.05) is 26.8 Å². The first-order valence-corrected chi connectivity index (χ1v) is 9.61. The van der Waals surface area contributed by atoms with Crippen LogP contribution in [0.5, 0.6) is 11.5 Å². The summed E-state index contributed by atoms with van der Waals surface area (Å²) >= 11 is 19.0. The number of hydrogen-bond donors (Lipinski definition) is 0. The van der Waals surface area contributed by atoms with Crippen LogP contribution in [0.2, 0.25) is 0 Å². The molecule has 0 N–H and O–H groups in total. The fourth-order valence-electron chi connectivity index (χ4n) is 1.06. The van der Waals surface area contributed by atoms with Crippen LogP contribution in [0.4, 0.5) is 0 Å². The summed E-state index contributed by atoms with van der Waals surface area (Å²) < 4.78 is 4.02. The molecule has 0 bridgehead atoms. The third-order valence-corrected chi connectivity index (χ3v) is 5.20. The van der Waals surface area contributed by atoms with E-state index in [2.05, 4.69) is 95.6 Å². The van der Waals surface area contributed by atoms with Crippen LogP contribution in [0, 0.1) is 0 Å². The van der Waals surface area contributed by atoms with Crippen molar-refractivity contribution in [1.29, 1.82) is 0 Å². The molecule has 0 fully saturated rings. The van der Waals surface area contributed by atoms with E-state index in [0.29, 0.717) is 17.9 Å². The summed E-state index contributed by atoms with van der Waals surface area (Å²) in [5.41, 5.74) is 0. The van der Waals surface area contributed by atoms with Gasteiger partial charge in [-0.3, -0.25) is 0 Å². The molecule has 21 heavy (non-hydrogen) atoms. The molecule has 117 valence electrons. The number of halogens is 6. The summed E-state index contributed by atoms with van der Waals surface area (Å²) in [7, 11) is 0. The SMILES string of the molecule is [Cu+2].[O-]c1c(Br)cc(Br)cc1Br.[O-]c1c(Br)cc(Br)cc1Br. The van der Waals surface area contributed by atoms with Crippen molar-refractivity contribution in [3.05, 3.63) is 51.1 Å². The van der Waals surface area contributed by atoms with Crippen molar-refractivity contribution in [2.24, 2.45) is 0 Å². The second-order valence-corrected chi connectivity index (χ2v) is 8.65. The van der Waals surface area contributed by atoms with E-state index in [-0.39, 0.29) is 28.6 Å². The number of rotatable bonds is 0. The van der Waals surface area contributed by atoms with Crippen molar-refractivity contribution in [2.45, 2.75) is 0 Å². The van der Waals surface area contributed by atoms with Crippen LogP contribution in [-0.4, -0.2) is 0 Å². The fourth-order valence-corrected chi connectivity index (χ4v) is 5.58. The summed E-state index contributed by atoms with van der Waals surface area (Å²) in [6.45, 7) is 0. The summed E-state index contributed by atoms with van der Waals surface area (Å²) in [5, 5.41) is 22.0. The predicted molar refractivity (Wildman–Crippen MR) is 98.0 cm³/mol. The van der Waals surface area contributed by atoms with E-state index in [0.717, 1.165) is 8.95 Å². The van der Waals surface area contributed by atoms with Gasteiger partial charge in [-0.15, -0.1) is 0 Å². The minimum atomic E-state index is -0.0248. The molecule has 0 atom stereocenters. The van der Waals surface area contributed by atoms with E-state index in [1.807, 2.05) is 0 Å². The molecule has 0 aliphatic carbocycles. The van der Waals surface area contributed by atoms with Gasteiger partial charge < -0.3 is 10.2 Å². The molecule has 0 heterocycles. The molecule has 0 unspecified atom stereocenters. The topological polar surface area (TPSA) is 46.1 Å². The quantitative estimate of drug-likeness (QED) is 0.309. The Balaban J connectivity index is 0.000000364. The van der Waals surface area contributed by atoms with Gasteiger partial charge in [0.25, 0.3) is 0 Å². The van der Waals surface area contributed by atoms with Crippen LogP contribution in [0.1, 0.15) is 0 Å². The van der Waals surface area contributed by atoms with Crippen LogP contribution < -0.4 is 10.2 Å². The van der Waals surface area contributed by atoms with Gasteiger partial charge in [0.2, 0.25) is 0 Å². The standard InChI is InChI=1S/2C6H3Br3O.Cu/c2*7-3-1-4(8)6(10)5(9)2-3;/h2*1-2,10H;/q;;+2/p-2. The zero-order valence-corrected chi connectivity index (χ0v) is 20.2. The molecule has 0 amide bonds. The van der Waals surface area contributed by atoms with Gasteiger partial charge in [-0.2, -0.15) is 0 Å². The smallest absolute Gasteiger partial charge is 0.871 e. The summed E-state index contributed by atoms with van der Waals surface area (Å²) in [5.74, 6) is -0.0496. The molecule has 2 nitrogen and oxygen atoms in total.